The molecular weight excluding hydrogens is 272 g/mol. The van der Waals surface area contributed by atoms with Crippen LogP contribution in [0, 0.1) is 11.8 Å². The lowest BCUT2D eigenvalue weighted by Crippen LogP contribution is -2.45. The van der Waals surface area contributed by atoms with Crippen molar-refractivity contribution in [3.05, 3.63) is 10.6 Å². The minimum Gasteiger partial charge on any atom is -0.477 e. The van der Waals surface area contributed by atoms with E-state index in [4.69, 9.17) is 0 Å². The van der Waals surface area contributed by atoms with Crippen LogP contribution in [0.4, 0.5) is 5.13 Å². The molecule has 1 saturated heterocycles. The number of aromatic carboxylic acids is 1. The van der Waals surface area contributed by atoms with Gasteiger partial charge in [0.25, 0.3) is 0 Å². The summed E-state index contributed by atoms with van der Waals surface area (Å²) in [6.45, 7) is 9.78. The number of thiazole rings is 1. The highest BCUT2D eigenvalue weighted by molar-refractivity contribution is 7.17. The van der Waals surface area contributed by atoms with Gasteiger partial charge in [-0.3, -0.25) is 0 Å². The quantitative estimate of drug-likeness (QED) is 0.921. The van der Waals surface area contributed by atoms with Crippen molar-refractivity contribution in [3.63, 3.8) is 0 Å². The Morgan fingerprint density at radius 1 is 1.45 bits per heavy atom. The molecule has 3 atom stereocenters. The smallest absolute Gasteiger partial charge is 0.347 e. The molecule has 1 aromatic heterocycles. The van der Waals surface area contributed by atoms with Crippen molar-refractivity contribution < 1.29 is 9.90 Å². The van der Waals surface area contributed by atoms with Gasteiger partial charge in [0.1, 0.15) is 4.88 Å². The Kier molecular flexibility index (Phi) is 4.68. The summed E-state index contributed by atoms with van der Waals surface area (Å²) >= 11 is 1.34. The molecule has 0 aromatic carbocycles. The van der Waals surface area contributed by atoms with Gasteiger partial charge in [-0.25, -0.2) is 9.78 Å². The standard InChI is InChI=1S/C15H24N2O2S/c1-5-6-12-13(14(18)19)20-15(16-12)17-8-9(2)7-10(3)11(17)4/h9-11H,5-8H2,1-4H3,(H,18,19). The maximum absolute atomic E-state index is 11.4. The predicted molar refractivity (Wildman–Crippen MR) is 82.8 cm³/mol. The van der Waals surface area contributed by atoms with E-state index in [9.17, 15) is 9.90 Å². The molecule has 112 valence electrons. The molecule has 1 aliphatic heterocycles. The molecule has 1 fully saturated rings. The van der Waals surface area contributed by atoms with Gasteiger partial charge in [0.05, 0.1) is 5.69 Å². The number of piperidine rings is 1. The highest BCUT2D eigenvalue weighted by Gasteiger charge is 2.31. The molecular formula is C15H24N2O2S. The zero-order valence-corrected chi connectivity index (χ0v) is 13.5. The van der Waals surface area contributed by atoms with E-state index >= 15 is 0 Å². The summed E-state index contributed by atoms with van der Waals surface area (Å²) in [5, 5.41) is 10.2. The summed E-state index contributed by atoms with van der Waals surface area (Å²) < 4.78 is 0. The maximum atomic E-state index is 11.4. The number of rotatable bonds is 4. The first-order valence-electron chi connectivity index (χ1n) is 7.43. The number of aromatic nitrogens is 1. The Labute approximate surface area is 124 Å². The number of anilines is 1. The minimum atomic E-state index is -0.844. The highest BCUT2D eigenvalue weighted by Crippen LogP contribution is 2.35. The van der Waals surface area contributed by atoms with Gasteiger partial charge < -0.3 is 10.0 Å². The van der Waals surface area contributed by atoms with Crippen LogP contribution in [0.25, 0.3) is 0 Å². The van der Waals surface area contributed by atoms with Crippen molar-refractivity contribution in [2.75, 3.05) is 11.4 Å². The Hall–Kier alpha value is -1.10. The zero-order chi connectivity index (χ0) is 14.9. The van der Waals surface area contributed by atoms with Crippen LogP contribution in [-0.4, -0.2) is 28.6 Å². The highest BCUT2D eigenvalue weighted by atomic mass is 32.1. The van der Waals surface area contributed by atoms with Crippen molar-refractivity contribution >= 4 is 22.4 Å². The zero-order valence-electron chi connectivity index (χ0n) is 12.7. The van der Waals surface area contributed by atoms with Crippen LogP contribution in [-0.2, 0) is 6.42 Å². The number of hydrogen-bond donors (Lipinski definition) is 1. The van der Waals surface area contributed by atoms with Crippen LogP contribution >= 0.6 is 11.3 Å². The van der Waals surface area contributed by atoms with E-state index in [0.717, 1.165) is 30.2 Å². The fourth-order valence-electron chi connectivity index (χ4n) is 3.00. The first-order valence-corrected chi connectivity index (χ1v) is 8.25. The summed E-state index contributed by atoms with van der Waals surface area (Å²) in [5.74, 6) is 0.404. The third kappa shape index (κ3) is 2.97. The van der Waals surface area contributed by atoms with E-state index in [1.54, 1.807) is 0 Å². The SMILES string of the molecule is CCCc1nc(N2CC(C)CC(C)C2C)sc1C(=O)O. The fraction of sp³-hybridized carbons (Fsp3) is 0.733. The van der Waals surface area contributed by atoms with Gasteiger partial charge in [-0.2, -0.15) is 0 Å². The second-order valence-electron chi connectivity index (χ2n) is 6.04. The number of carbonyl (C=O) groups is 1. The molecule has 3 unspecified atom stereocenters. The molecule has 0 radical (unpaired) electrons. The lowest BCUT2D eigenvalue weighted by atomic mass is 9.86. The van der Waals surface area contributed by atoms with E-state index < -0.39 is 5.97 Å². The van der Waals surface area contributed by atoms with Crippen molar-refractivity contribution in [2.45, 2.75) is 53.0 Å². The van der Waals surface area contributed by atoms with E-state index in [0.29, 0.717) is 22.8 Å². The predicted octanol–water partition coefficient (Wildman–Crippen LogP) is 3.66. The van der Waals surface area contributed by atoms with Crippen LogP contribution < -0.4 is 4.90 Å². The molecule has 0 aliphatic carbocycles. The first kappa shape index (κ1) is 15.3. The molecule has 5 heteroatoms. The molecule has 0 spiro atoms. The number of carboxylic acid groups (broad SMARTS) is 1. The van der Waals surface area contributed by atoms with Gasteiger partial charge in [0, 0.05) is 12.6 Å². The van der Waals surface area contributed by atoms with Crippen LogP contribution in [0.1, 0.15) is 55.9 Å². The summed E-state index contributed by atoms with van der Waals surface area (Å²) in [6.07, 6.45) is 2.90. The van der Waals surface area contributed by atoms with Crippen molar-refractivity contribution in [1.82, 2.24) is 4.98 Å². The van der Waals surface area contributed by atoms with Crippen LogP contribution in [0.3, 0.4) is 0 Å². The number of nitrogens with zero attached hydrogens (tertiary/aromatic N) is 2. The van der Waals surface area contributed by atoms with E-state index in [1.165, 1.54) is 17.8 Å². The molecule has 0 amide bonds. The Bertz CT molecular complexity index is 486. The maximum Gasteiger partial charge on any atom is 0.347 e. The van der Waals surface area contributed by atoms with E-state index in [2.05, 4.69) is 37.6 Å². The second-order valence-corrected chi connectivity index (χ2v) is 7.02. The normalized spacial score (nSPS) is 26.8. The fourth-order valence-corrected chi connectivity index (χ4v) is 4.05. The van der Waals surface area contributed by atoms with E-state index in [-0.39, 0.29) is 0 Å². The molecule has 1 aromatic rings. The largest absolute Gasteiger partial charge is 0.477 e. The van der Waals surface area contributed by atoms with Crippen molar-refractivity contribution in [3.8, 4) is 0 Å². The topological polar surface area (TPSA) is 53.4 Å². The van der Waals surface area contributed by atoms with Gasteiger partial charge >= 0.3 is 5.97 Å². The van der Waals surface area contributed by atoms with Gasteiger partial charge in [0.15, 0.2) is 5.13 Å². The third-order valence-corrected chi connectivity index (χ3v) is 5.33. The summed E-state index contributed by atoms with van der Waals surface area (Å²) in [4.78, 5) is 18.7. The Balaban J connectivity index is 2.31. The van der Waals surface area contributed by atoms with Gasteiger partial charge in [-0.15, -0.1) is 0 Å². The van der Waals surface area contributed by atoms with Crippen LogP contribution in [0.2, 0.25) is 0 Å². The van der Waals surface area contributed by atoms with Crippen molar-refractivity contribution in [2.24, 2.45) is 11.8 Å². The first-order chi connectivity index (χ1) is 9.43. The van der Waals surface area contributed by atoms with Crippen LogP contribution in [0.5, 0.6) is 0 Å². The minimum absolute atomic E-state index is 0.417. The monoisotopic (exact) mass is 296 g/mol. The average Bonchev–Trinajstić information content (AvgIpc) is 2.78. The molecule has 1 aliphatic rings. The molecule has 0 bridgehead atoms. The number of hydrogen-bond acceptors (Lipinski definition) is 4. The lowest BCUT2D eigenvalue weighted by Gasteiger charge is -2.41. The van der Waals surface area contributed by atoms with Gasteiger partial charge in [0.2, 0.25) is 0 Å². The summed E-state index contributed by atoms with van der Waals surface area (Å²) in [7, 11) is 0. The van der Waals surface area contributed by atoms with Gasteiger partial charge in [-0.05, 0) is 31.6 Å². The van der Waals surface area contributed by atoms with Crippen molar-refractivity contribution in [1.29, 1.82) is 0 Å². The number of aryl methyl sites for hydroxylation is 1. The lowest BCUT2D eigenvalue weighted by molar-refractivity contribution is 0.0700. The molecule has 4 nitrogen and oxygen atoms in total. The van der Waals surface area contributed by atoms with Gasteiger partial charge in [-0.1, -0.05) is 38.5 Å². The molecule has 2 rings (SSSR count). The summed E-state index contributed by atoms with van der Waals surface area (Å²) in [5.41, 5.74) is 0.748. The average molecular weight is 296 g/mol. The third-order valence-electron chi connectivity index (χ3n) is 4.21. The molecule has 2 heterocycles. The summed E-state index contributed by atoms with van der Waals surface area (Å²) in [6, 6.07) is 0.425. The molecule has 0 saturated carbocycles. The second kappa shape index (κ2) is 6.12. The molecule has 20 heavy (non-hydrogen) atoms. The Morgan fingerprint density at radius 3 is 2.75 bits per heavy atom. The number of carboxylic acids is 1. The Morgan fingerprint density at radius 2 is 2.15 bits per heavy atom. The van der Waals surface area contributed by atoms with E-state index in [1.807, 2.05) is 0 Å². The molecule has 1 N–H and O–H groups in total. The van der Waals surface area contributed by atoms with Crippen LogP contribution in [0.15, 0.2) is 0 Å².